The van der Waals surface area contributed by atoms with Crippen LogP contribution in [0.5, 0.6) is 5.75 Å². The summed E-state index contributed by atoms with van der Waals surface area (Å²) in [4.78, 5) is 19.2. The Balaban J connectivity index is 1.38. The number of aryl methyl sites for hydroxylation is 1. The number of nitrogens with two attached hydrogens (primary N) is 1. The van der Waals surface area contributed by atoms with Gasteiger partial charge in [-0.05, 0) is 51.5 Å². The van der Waals surface area contributed by atoms with Gasteiger partial charge in [0.25, 0.3) is 0 Å². The maximum atomic E-state index is 12.9. The molecule has 2 bridgehead atoms. The number of fused-ring (bicyclic) bond motifs is 3. The van der Waals surface area contributed by atoms with Crippen molar-refractivity contribution in [1.29, 1.82) is 0 Å². The van der Waals surface area contributed by atoms with Crippen molar-refractivity contribution < 1.29 is 19.0 Å². The molecule has 2 aliphatic rings. The standard InChI is InChI=1S/C25H31N5O4/c1-15-7-21(16-5-6-29-17(8-16)11-23(26)28-29)22(12-27-15)33-20-9-18-13-32-14-19(10-20)30(18)24(31)34-25(2,3)4/h5-8,11-12,18-20H,9-10,13-14H2,1-4H3,(H2,26,28)/t18-,19+,20?. The smallest absolute Gasteiger partial charge is 0.410 e. The van der Waals surface area contributed by atoms with Crippen LogP contribution in [0.2, 0.25) is 0 Å². The first kappa shape index (κ1) is 22.5. The molecule has 3 atom stereocenters. The lowest BCUT2D eigenvalue weighted by molar-refractivity contribution is -0.0993. The fourth-order valence-corrected chi connectivity index (χ4v) is 4.80. The lowest BCUT2D eigenvalue weighted by atomic mass is 9.92. The Morgan fingerprint density at radius 3 is 2.62 bits per heavy atom. The normalized spacial score (nSPS) is 22.6. The molecule has 5 heterocycles. The first-order valence-corrected chi connectivity index (χ1v) is 11.6. The number of nitrogens with zero attached hydrogens (tertiary/aromatic N) is 4. The molecule has 34 heavy (non-hydrogen) atoms. The third kappa shape index (κ3) is 4.52. The van der Waals surface area contributed by atoms with Crippen molar-refractivity contribution in [3.05, 3.63) is 42.4 Å². The highest BCUT2D eigenvalue weighted by Gasteiger charge is 2.44. The Morgan fingerprint density at radius 1 is 1.18 bits per heavy atom. The van der Waals surface area contributed by atoms with Gasteiger partial charge in [0.1, 0.15) is 23.3 Å². The van der Waals surface area contributed by atoms with E-state index in [0.717, 1.165) is 28.1 Å². The number of amides is 1. The zero-order valence-corrected chi connectivity index (χ0v) is 20.0. The Bertz CT molecular complexity index is 1200. The number of carbonyl (C=O) groups excluding carboxylic acids is 1. The van der Waals surface area contributed by atoms with E-state index in [-0.39, 0.29) is 24.3 Å². The molecule has 2 N–H and O–H groups in total. The quantitative estimate of drug-likeness (QED) is 0.627. The molecular formula is C25H31N5O4. The van der Waals surface area contributed by atoms with E-state index < -0.39 is 5.60 Å². The molecule has 1 amide bonds. The van der Waals surface area contributed by atoms with Crippen LogP contribution in [0.3, 0.4) is 0 Å². The molecule has 1 unspecified atom stereocenters. The lowest BCUT2D eigenvalue weighted by Crippen LogP contribution is -2.61. The fourth-order valence-electron chi connectivity index (χ4n) is 4.80. The molecule has 0 spiro atoms. The highest BCUT2D eigenvalue weighted by atomic mass is 16.6. The first-order valence-electron chi connectivity index (χ1n) is 11.6. The average Bonchev–Trinajstić information content (AvgIpc) is 3.12. The number of nitrogen functional groups attached to an aromatic ring is 1. The maximum Gasteiger partial charge on any atom is 0.410 e. The molecule has 5 rings (SSSR count). The highest BCUT2D eigenvalue weighted by molar-refractivity contribution is 5.74. The predicted octanol–water partition coefficient (Wildman–Crippen LogP) is 3.83. The molecule has 2 saturated heterocycles. The molecule has 180 valence electrons. The van der Waals surface area contributed by atoms with Crippen LogP contribution in [0, 0.1) is 6.92 Å². The second-order valence-electron chi connectivity index (χ2n) is 10.1. The third-order valence-electron chi connectivity index (χ3n) is 6.17. The third-order valence-corrected chi connectivity index (χ3v) is 6.17. The van der Waals surface area contributed by atoms with E-state index >= 15 is 0 Å². The monoisotopic (exact) mass is 465 g/mol. The summed E-state index contributed by atoms with van der Waals surface area (Å²) in [6, 6.07) is 7.74. The van der Waals surface area contributed by atoms with Crippen LogP contribution in [-0.4, -0.2) is 62.6 Å². The Labute approximate surface area is 198 Å². The van der Waals surface area contributed by atoms with Gasteiger partial charge in [-0.25, -0.2) is 9.31 Å². The van der Waals surface area contributed by atoms with Crippen LogP contribution in [0.4, 0.5) is 10.6 Å². The fraction of sp³-hybridized carbons (Fsp3) is 0.480. The minimum Gasteiger partial charge on any atom is -0.488 e. The van der Waals surface area contributed by atoms with E-state index in [2.05, 4.69) is 10.1 Å². The second kappa shape index (κ2) is 8.47. The van der Waals surface area contributed by atoms with Crippen molar-refractivity contribution in [2.45, 2.75) is 64.3 Å². The summed E-state index contributed by atoms with van der Waals surface area (Å²) in [5, 5.41) is 4.25. The molecule has 0 aromatic carbocycles. The van der Waals surface area contributed by atoms with E-state index in [9.17, 15) is 4.79 Å². The summed E-state index contributed by atoms with van der Waals surface area (Å²) >= 11 is 0. The first-order chi connectivity index (χ1) is 16.2. The molecule has 3 aromatic heterocycles. The summed E-state index contributed by atoms with van der Waals surface area (Å²) in [6.45, 7) is 8.57. The number of piperidine rings is 1. The molecule has 0 radical (unpaired) electrons. The maximum absolute atomic E-state index is 12.9. The SMILES string of the molecule is Cc1cc(-c2ccn3nc(N)cc3c2)c(OC2C[C@H]3COC[C@@H](C2)N3C(=O)OC(C)(C)C)cn1. The number of pyridine rings is 2. The van der Waals surface area contributed by atoms with Crippen LogP contribution in [0.25, 0.3) is 16.6 Å². The number of rotatable bonds is 3. The Hall–Kier alpha value is -3.33. The molecule has 0 saturated carbocycles. The van der Waals surface area contributed by atoms with Gasteiger partial charge in [0.15, 0.2) is 0 Å². The van der Waals surface area contributed by atoms with Gasteiger partial charge in [0.2, 0.25) is 0 Å². The summed E-state index contributed by atoms with van der Waals surface area (Å²) in [7, 11) is 0. The molecular weight excluding hydrogens is 434 g/mol. The van der Waals surface area contributed by atoms with Crippen LogP contribution in [0.15, 0.2) is 36.7 Å². The van der Waals surface area contributed by atoms with E-state index in [1.807, 2.05) is 63.1 Å². The Morgan fingerprint density at radius 2 is 1.91 bits per heavy atom. The van der Waals surface area contributed by atoms with E-state index in [0.29, 0.717) is 31.9 Å². The minimum absolute atomic E-state index is 0.0600. The zero-order chi connectivity index (χ0) is 24.0. The van der Waals surface area contributed by atoms with Crippen LogP contribution in [0.1, 0.15) is 39.3 Å². The van der Waals surface area contributed by atoms with Gasteiger partial charge in [-0.2, -0.15) is 5.10 Å². The van der Waals surface area contributed by atoms with Crippen LogP contribution < -0.4 is 10.5 Å². The summed E-state index contributed by atoms with van der Waals surface area (Å²) in [5.41, 5.74) is 9.09. The predicted molar refractivity (Wildman–Crippen MR) is 128 cm³/mol. The number of hydrogen-bond acceptors (Lipinski definition) is 7. The summed E-state index contributed by atoms with van der Waals surface area (Å²) < 4.78 is 19.7. The molecule has 9 nitrogen and oxygen atoms in total. The number of ether oxygens (including phenoxy) is 3. The number of aromatic nitrogens is 3. The number of carbonyl (C=O) groups is 1. The second-order valence-corrected chi connectivity index (χ2v) is 10.1. The van der Waals surface area contributed by atoms with Gasteiger partial charge in [0.05, 0.1) is 37.0 Å². The van der Waals surface area contributed by atoms with Crippen molar-refractivity contribution in [1.82, 2.24) is 19.5 Å². The minimum atomic E-state index is -0.538. The zero-order valence-electron chi connectivity index (χ0n) is 20.0. The van der Waals surface area contributed by atoms with Crippen molar-refractivity contribution in [2.75, 3.05) is 18.9 Å². The van der Waals surface area contributed by atoms with E-state index in [4.69, 9.17) is 19.9 Å². The van der Waals surface area contributed by atoms with Crippen molar-refractivity contribution >= 4 is 17.4 Å². The van der Waals surface area contributed by atoms with Crippen molar-refractivity contribution in [3.8, 4) is 16.9 Å². The number of morpholine rings is 1. The number of anilines is 1. The molecule has 9 heteroatoms. The molecule has 0 aliphatic carbocycles. The largest absolute Gasteiger partial charge is 0.488 e. The summed E-state index contributed by atoms with van der Waals surface area (Å²) in [5.74, 6) is 1.20. The molecule has 3 aromatic rings. The van der Waals surface area contributed by atoms with Gasteiger partial charge < -0.3 is 19.9 Å². The van der Waals surface area contributed by atoms with Gasteiger partial charge in [-0.1, -0.05) is 0 Å². The topological polar surface area (TPSA) is 104 Å². The van der Waals surface area contributed by atoms with Crippen molar-refractivity contribution in [3.63, 3.8) is 0 Å². The van der Waals surface area contributed by atoms with Crippen LogP contribution >= 0.6 is 0 Å². The Kier molecular flexibility index (Phi) is 5.59. The van der Waals surface area contributed by atoms with Gasteiger partial charge in [-0.15, -0.1) is 0 Å². The van der Waals surface area contributed by atoms with Crippen LogP contribution in [-0.2, 0) is 9.47 Å². The van der Waals surface area contributed by atoms with E-state index in [1.165, 1.54) is 0 Å². The molecule has 2 aliphatic heterocycles. The van der Waals surface area contributed by atoms with Gasteiger partial charge in [-0.3, -0.25) is 9.88 Å². The summed E-state index contributed by atoms with van der Waals surface area (Å²) in [6.07, 6.45) is 4.67. The van der Waals surface area contributed by atoms with Crippen molar-refractivity contribution in [2.24, 2.45) is 0 Å². The average molecular weight is 466 g/mol. The molecule has 2 fully saturated rings. The van der Waals surface area contributed by atoms with E-state index in [1.54, 1.807) is 10.7 Å². The number of hydrogen-bond donors (Lipinski definition) is 1. The lowest BCUT2D eigenvalue weighted by Gasteiger charge is -2.48. The highest BCUT2D eigenvalue weighted by Crippen LogP contribution is 2.36. The van der Waals surface area contributed by atoms with Gasteiger partial charge in [0, 0.05) is 36.4 Å². The van der Waals surface area contributed by atoms with Gasteiger partial charge >= 0.3 is 6.09 Å².